The lowest BCUT2D eigenvalue weighted by atomic mass is 10.1. The van der Waals surface area contributed by atoms with Gasteiger partial charge in [0.2, 0.25) is 0 Å². The van der Waals surface area contributed by atoms with E-state index in [0.29, 0.717) is 4.90 Å². The number of amides is 1. The Kier molecular flexibility index (Phi) is 2.90. The Hall–Kier alpha value is -3.74. The first-order chi connectivity index (χ1) is 17.7. The van der Waals surface area contributed by atoms with Crippen molar-refractivity contribution in [3.05, 3.63) is 66.9 Å². The maximum Gasteiger partial charge on any atom is 0.257 e. The van der Waals surface area contributed by atoms with Gasteiger partial charge in [-0.3, -0.25) is 4.79 Å². The van der Waals surface area contributed by atoms with Crippen LogP contribution in [0.5, 0.6) is 0 Å². The minimum atomic E-state index is -3.22. The second-order valence-electron chi connectivity index (χ2n) is 6.69. The van der Waals surface area contributed by atoms with Crippen LogP contribution in [0.25, 0.3) is 22.0 Å². The molecule has 1 fully saturated rings. The van der Waals surface area contributed by atoms with Crippen LogP contribution in [0, 0.1) is 0 Å². The van der Waals surface area contributed by atoms with E-state index in [-0.39, 0.29) is 11.4 Å². The molecule has 0 aliphatic carbocycles. The standard InChI is InChI=1S/C23H22N6O/c1-28-15-24-14-20(28)16-4-5-18-13-26-21(11-19(18)10-16)27-23(30)17-6-7-25-22(12-17)29-8-2-3-9-29/h4-7,10-15H,2-3,8-9H2,1H3,(H,26,27,30)/i2D2,3D2,8D2,9D2. The average Bonchev–Trinajstić information content (AvgIpc) is 3.31. The molecule has 0 spiro atoms. The number of rotatable bonds is 4. The van der Waals surface area contributed by atoms with Gasteiger partial charge in [-0.05, 0) is 42.4 Å². The summed E-state index contributed by atoms with van der Waals surface area (Å²) in [5, 5.41) is 4.32. The minimum absolute atomic E-state index is 0.0276. The monoisotopic (exact) mass is 406 g/mol. The zero-order chi connectivity index (χ0) is 27.7. The molecule has 3 aromatic heterocycles. The van der Waals surface area contributed by atoms with E-state index in [9.17, 15) is 4.79 Å². The van der Waals surface area contributed by atoms with Crippen LogP contribution in [-0.4, -0.2) is 38.4 Å². The Morgan fingerprint density at radius 3 is 2.73 bits per heavy atom. The van der Waals surface area contributed by atoms with E-state index in [1.165, 1.54) is 6.07 Å². The molecule has 1 saturated heterocycles. The van der Waals surface area contributed by atoms with Gasteiger partial charge in [0, 0.05) is 59.9 Å². The number of benzene rings is 1. The van der Waals surface area contributed by atoms with Crippen molar-refractivity contribution in [2.75, 3.05) is 23.2 Å². The number of aryl methyl sites for hydroxylation is 1. The lowest BCUT2D eigenvalue weighted by molar-refractivity contribution is 0.102. The van der Waals surface area contributed by atoms with Crippen LogP contribution in [0.4, 0.5) is 11.6 Å². The van der Waals surface area contributed by atoms with Gasteiger partial charge in [0.05, 0.1) is 18.2 Å². The van der Waals surface area contributed by atoms with Crippen molar-refractivity contribution < 1.29 is 15.8 Å². The molecule has 1 aliphatic heterocycles. The van der Waals surface area contributed by atoms with E-state index < -0.39 is 37.5 Å². The van der Waals surface area contributed by atoms with Gasteiger partial charge in [0.15, 0.2) is 0 Å². The second kappa shape index (κ2) is 7.59. The second-order valence-corrected chi connectivity index (χ2v) is 6.69. The van der Waals surface area contributed by atoms with Gasteiger partial charge in [0.1, 0.15) is 11.6 Å². The summed E-state index contributed by atoms with van der Waals surface area (Å²) in [7, 11) is 1.88. The first kappa shape index (κ1) is 11.4. The highest BCUT2D eigenvalue weighted by molar-refractivity contribution is 6.05. The number of nitrogens with zero attached hydrogens (tertiary/aromatic N) is 5. The highest BCUT2D eigenvalue weighted by Gasteiger charge is 2.16. The SMILES string of the molecule is [2H]C1([2H])N(c2cc(C(=O)Nc3cc4cc(-c5cncn5C)ccc4cn3)ccn2)C([2H])([2H])C([2H])([2H])C1([2H])[2H]. The van der Waals surface area contributed by atoms with E-state index in [2.05, 4.69) is 20.3 Å². The molecule has 1 aromatic carbocycles. The third-order valence-electron chi connectivity index (χ3n) is 4.71. The largest absolute Gasteiger partial charge is 0.357 e. The average molecular weight is 407 g/mol. The summed E-state index contributed by atoms with van der Waals surface area (Å²) < 4.78 is 66.5. The summed E-state index contributed by atoms with van der Waals surface area (Å²) in [4.78, 5) is 25.7. The predicted octanol–water partition coefficient (Wildman–Crippen LogP) is 3.88. The summed E-state index contributed by atoms with van der Waals surface area (Å²) in [6.07, 6.45) is -0.239. The molecule has 7 nitrogen and oxygen atoms in total. The zero-order valence-corrected chi connectivity index (χ0v) is 15.9. The van der Waals surface area contributed by atoms with Crippen molar-refractivity contribution in [1.82, 2.24) is 19.5 Å². The smallest absolute Gasteiger partial charge is 0.257 e. The molecular weight excluding hydrogens is 376 g/mol. The summed E-state index contributed by atoms with van der Waals surface area (Å²) in [6.45, 7) is -6.21. The van der Waals surface area contributed by atoms with Gasteiger partial charge in [-0.2, -0.15) is 0 Å². The molecule has 1 amide bonds. The number of carbonyl (C=O) groups is 1. The van der Waals surface area contributed by atoms with Gasteiger partial charge < -0.3 is 14.8 Å². The molecule has 0 radical (unpaired) electrons. The number of fused-ring (bicyclic) bond motifs is 1. The van der Waals surface area contributed by atoms with Crippen molar-refractivity contribution in [1.29, 1.82) is 0 Å². The highest BCUT2D eigenvalue weighted by atomic mass is 16.1. The van der Waals surface area contributed by atoms with Gasteiger partial charge in [-0.25, -0.2) is 15.0 Å². The Morgan fingerprint density at radius 2 is 1.93 bits per heavy atom. The van der Waals surface area contributed by atoms with Gasteiger partial charge >= 0.3 is 0 Å². The number of anilines is 2. The number of carbonyl (C=O) groups excluding carboxylic acids is 1. The van der Waals surface area contributed by atoms with Crippen molar-refractivity contribution in [2.24, 2.45) is 7.05 Å². The fourth-order valence-corrected chi connectivity index (χ4v) is 3.18. The quantitative estimate of drug-likeness (QED) is 0.557. The molecule has 7 heteroatoms. The molecule has 1 aliphatic rings. The fourth-order valence-electron chi connectivity index (χ4n) is 3.18. The van der Waals surface area contributed by atoms with E-state index in [4.69, 9.17) is 11.0 Å². The third kappa shape index (κ3) is 3.50. The van der Waals surface area contributed by atoms with Crippen molar-refractivity contribution >= 4 is 28.3 Å². The zero-order valence-electron chi connectivity index (χ0n) is 23.9. The first-order valence-corrected chi connectivity index (χ1v) is 9.13. The summed E-state index contributed by atoms with van der Waals surface area (Å²) >= 11 is 0. The predicted molar refractivity (Wildman–Crippen MR) is 118 cm³/mol. The number of hydrogen-bond acceptors (Lipinski definition) is 5. The van der Waals surface area contributed by atoms with Gasteiger partial charge in [-0.15, -0.1) is 0 Å². The van der Waals surface area contributed by atoms with Crippen LogP contribution < -0.4 is 10.2 Å². The molecule has 1 N–H and O–H groups in total. The maximum absolute atomic E-state index is 13.0. The molecule has 0 bridgehead atoms. The van der Waals surface area contributed by atoms with E-state index in [1.54, 1.807) is 24.8 Å². The molecule has 30 heavy (non-hydrogen) atoms. The van der Waals surface area contributed by atoms with Crippen LogP contribution in [0.2, 0.25) is 0 Å². The first-order valence-electron chi connectivity index (χ1n) is 13.1. The van der Waals surface area contributed by atoms with Crippen LogP contribution in [0.1, 0.15) is 34.1 Å². The van der Waals surface area contributed by atoms with Crippen LogP contribution in [0.3, 0.4) is 0 Å². The van der Waals surface area contributed by atoms with Gasteiger partial charge in [0.25, 0.3) is 5.91 Å². The molecule has 0 saturated carbocycles. The fraction of sp³-hybridized carbons (Fsp3) is 0.217. The van der Waals surface area contributed by atoms with Crippen LogP contribution in [0.15, 0.2) is 61.3 Å². The number of imidazole rings is 1. The molecule has 0 atom stereocenters. The Bertz CT molecular complexity index is 1540. The summed E-state index contributed by atoms with van der Waals surface area (Å²) in [5.74, 6) is -0.831. The number of pyridine rings is 2. The summed E-state index contributed by atoms with van der Waals surface area (Å²) in [6, 6.07) is 9.89. The normalized spacial score (nSPS) is 24.4. The lowest BCUT2D eigenvalue weighted by Crippen LogP contribution is -2.20. The maximum atomic E-state index is 13.0. The van der Waals surface area contributed by atoms with Crippen LogP contribution in [-0.2, 0) is 7.05 Å². The Morgan fingerprint density at radius 1 is 1.07 bits per heavy atom. The molecular formula is C23H22N6O. The Balaban J connectivity index is 1.45. The lowest BCUT2D eigenvalue weighted by Gasteiger charge is -2.16. The molecule has 150 valence electrons. The third-order valence-corrected chi connectivity index (χ3v) is 4.71. The Labute approximate surface area is 185 Å². The molecule has 5 rings (SSSR count). The molecule has 4 heterocycles. The molecule has 4 aromatic rings. The van der Waals surface area contributed by atoms with Crippen molar-refractivity contribution in [2.45, 2.75) is 12.7 Å². The van der Waals surface area contributed by atoms with Crippen LogP contribution >= 0.6 is 0 Å². The highest BCUT2D eigenvalue weighted by Crippen LogP contribution is 2.25. The topological polar surface area (TPSA) is 75.9 Å². The van der Waals surface area contributed by atoms with E-state index >= 15 is 0 Å². The minimum Gasteiger partial charge on any atom is -0.357 e. The number of aromatic nitrogens is 4. The number of nitrogens with one attached hydrogen (secondary N) is 1. The van der Waals surface area contributed by atoms with Crippen molar-refractivity contribution in [3.63, 3.8) is 0 Å². The van der Waals surface area contributed by atoms with Crippen molar-refractivity contribution in [3.8, 4) is 11.3 Å². The molecule has 0 unspecified atom stereocenters. The van der Waals surface area contributed by atoms with E-state index in [1.807, 2.05) is 29.8 Å². The number of hydrogen-bond donors (Lipinski definition) is 1. The summed E-state index contributed by atoms with van der Waals surface area (Å²) in [5.41, 5.74) is 1.81. The van der Waals surface area contributed by atoms with Gasteiger partial charge in [-0.1, -0.05) is 12.1 Å². The van der Waals surface area contributed by atoms with E-state index in [0.717, 1.165) is 34.3 Å².